The first kappa shape index (κ1) is 18.5. The van der Waals surface area contributed by atoms with Crippen molar-refractivity contribution in [3.05, 3.63) is 65.0 Å². The van der Waals surface area contributed by atoms with E-state index in [1.54, 1.807) is 0 Å². The third kappa shape index (κ3) is 4.29. The predicted octanol–water partition coefficient (Wildman–Crippen LogP) is 0.138. The third-order valence-corrected chi connectivity index (χ3v) is 4.73. The van der Waals surface area contributed by atoms with Crippen molar-refractivity contribution in [2.75, 3.05) is 19.7 Å². The number of aromatic nitrogens is 1. The van der Waals surface area contributed by atoms with Gasteiger partial charge in [0.1, 0.15) is 12.0 Å². The SMILES string of the molecule is O=c1cc(Cn2cc3ccccc3c2)occ1OCC1CCNCC1.[Cl-].[H+]. The molecule has 1 saturated heterocycles. The maximum Gasteiger partial charge on any atom is 1.00 e. The van der Waals surface area contributed by atoms with Crippen LogP contribution in [0.2, 0.25) is 0 Å². The standard InChI is InChI=1S/C20H22N2O3.ClH/c23-19-9-18(12-22-10-16-3-1-2-4-17(16)11-22)24-14-20(19)25-13-15-5-7-21-8-6-15;/h1-4,9-11,14-15,21H,5-8,12-13H2;1H. The number of ether oxygens (including phenoxy) is 1. The Hall–Kier alpha value is -2.24. The van der Waals surface area contributed by atoms with Crippen molar-refractivity contribution in [3.63, 3.8) is 0 Å². The Morgan fingerprint density at radius 2 is 1.88 bits per heavy atom. The lowest BCUT2D eigenvalue weighted by atomic mass is 9.99. The number of hydrogen-bond donors (Lipinski definition) is 1. The molecule has 0 atom stereocenters. The van der Waals surface area contributed by atoms with Crippen molar-refractivity contribution >= 4 is 10.8 Å². The summed E-state index contributed by atoms with van der Waals surface area (Å²) in [5.41, 5.74) is -0.119. The van der Waals surface area contributed by atoms with E-state index in [9.17, 15) is 4.79 Å². The van der Waals surface area contributed by atoms with Crippen LogP contribution < -0.4 is 27.9 Å². The van der Waals surface area contributed by atoms with E-state index in [-0.39, 0.29) is 19.3 Å². The van der Waals surface area contributed by atoms with Crippen molar-refractivity contribution in [2.45, 2.75) is 19.4 Å². The lowest BCUT2D eigenvalue weighted by Gasteiger charge is -2.22. The van der Waals surface area contributed by atoms with Crippen molar-refractivity contribution < 1.29 is 23.0 Å². The zero-order valence-electron chi connectivity index (χ0n) is 15.5. The quantitative estimate of drug-likeness (QED) is 0.690. The van der Waals surface area contributed by atoms with Crippen LogP contribution in [0.1, 0.15) is 20.0 Å². The molecule has 1 aromatic carbocycles. The molecule has 0 unspecified atom stereocenters. The van der Waals surface area contributed by atoms with E-state index in [2.05, 4.69) is 29.8 Å². The van der Waals surface area contributed by atoms with E-state index in [0.29, 0.717) is 30.6 Å². The minimum atomic E-state index is -0.119. The van der Waals surface area contributed by atoms with Gasteiger partial charge >= 0.3 is 1.43 Å². The van der Waals surface area contributed by atoms with Crippen molar-refractivity contribution in [3.8, 4) is 5.75 Å². The van der Waals surface area contributed by atoms with Crippen molar-refractivity contribution in [2.24, 2.45) is 5.92 Å². The molecule has 26 heavy (non-hydrogen) atoms. The Morgan fingerprint density at radius 1 is 1.19 bits per heavy atom. The van der Waals surface area contributed by atoms with E-state index in [1.165, 1.54) is 23.1 Å². The van der Waals surface area contributed by atoms with Crippen LogP contribution in [0.3, 0.4) is 0 Å². The van der Waals surface area contributed by atoms with Gasteiger partial charge in [0.25, 0.3) is 0 Å². The molecule has 3 aromatic rings. The van der Waals surface area contributed by atoms with Crippen molar-refractivity contribution in [1.82, 2.24) is 9.88 Å². The second kappa shape index (κ2) is 8.43. The lowest BCUT2D eigenvalue weighted by molar-refractivity contribution is -0.00000589. The van der Waals surface area contributed by atoms with E-state index in [0.717, 1.165) is 25.9 Å². The minimum Gasteiger partial charge on any atom is -1.00 e. The maximum atomic E-state index is 12.3. The number of halogens is 1. The Morgan fingerprint density at radius 3 is 2.54 bits per heavy atom. The van der Waals surface area contributed by atoms with Gasteiger partial charge in [-0.15, -0.1) is 0 Å². The molecule has 1 N–H and O–H groups in total. The topological polar surface area (TPSA) is 56.4 Å². The van der Waals surface area contributed by atoms with Crippen LogP contribution in [-0.4, -0.2) is 24.3 Å². The fourth-order valence-electron chi connectivity index (χ4n) is 3.29. The van der Waals surface area contributed by atoms with Crippen molar-refractivity contribution in [1.29, 1.82) is 0 Å². The third-order valence-electron chi connectivity index (χ3n) is 4.73. The Labute approximate surface area is 159 Å². The van der Waals surface area contributed by atoms with Crippen LogP contribution in [0.15, 0.2) is 58.2 Å². The highest BCUT2D eigenvalue weighted by Gasteiger charge is 2.15. The van der Waals surface area contributed by atoms with Gasteiger partial charge in [-0.2, -0.15) is 0 Å². The van der Waals surface area contributed by atoms with E-state index in [4.69, 9.17) is 9.15 Å². The molecule has 1 fully saturated rings. The highest BCUT2D eigenvalue weighted by atomic mass is 35.5. The summed E-state index contributed by atoms with van der Waals surface area (Å²) in [7, 11) is 0. The van der Waals surface area contributed by atoms with Crippen LogP contribution >= 0.6 is 0 Å². The summed E-state index contributed by atoms with van der Waals surface area (Å²) >= 11 is 0. The normalized spacial score (nSPS) is 14.9. The molecule has 0 radical (unpaired) electrons. The number of piperidine rings is 1. The number of benzene rings is 1. The van der Waals surface area contributed by atoms with Gasteiger partial charge in [-0.25, -0.2) is 0 Å². The van der Waals surface area contributed by atoms with Gasteiger partial charge in [0, 0.05) is 18.5 Å². The molecular weight excluding hydrogens is 352 g/mol. The van der Waals surface area contributed by atoms with E-state index in [1.807, 2.05) is 16.7 Å². The molecule has 3 heterocycles. The zero-order valence-corrected chi connectivity index (χ0v) is 15.2. The van der Waals surface area contributed by atoms with Crippen LogP contribution in [-0.2, 0) is 6.54 Å². The average molecular weight is 375 g/mol. The summed E-state index contributed by atoms with van der Waals surface area (Å²) in [6, 6.07) is 9.70. The highest BCUT2D eigenvalue weighted by molar-refractivity contribution is 5.82. The zero-order chi connectivity index (χ0) is 17.1. The molecule has 0 bridgehead atoms. The Bertz CT molecular complexity index is 886. The van der Waals surface area contributed by atoms with Gasteiger partial charge in [-0.05, 0) is 42.6 Å². The maximum absolute atomic E-state index is 12.3. The van der Waals surface area contributed by atoms with Gasteiger partial charge in [0.05, 0.1) is 13.2 Å². The smallest absolute Gasteiger partial charge is 1.00 e. The van der Waals surface area contributed by atoms with Crippen LogP contribution in [0.4, 0.5) is 0 Å². The first-order valence-electron chi connectivity index (χ1n) is 8.78. The van der Waals surface area contributed by atoms with Gasteiger partial charge in [-0.1, -0.05) is 24.3 Å². The molecule has 2 aromatic heterocycles. The molecular formula is C20H23ClN2O3. The van der Waals surface area contributed by atoms with Gasteiger partial charge in [0.2, 0.25) is 11.2 Å². The van der Waals surface area contributed by atoms with Gasteiger partial charge < -0.3 is 31.4 Å². The van der Waals surface area contributed by atoms with E-state index >= 15 is 0 Å². The summed E-state index contributed by atoms with van der Waals surface area (Å²) in [4.78, 5) is 12.3. The second-order valence-corrected chi connectivity index (χ2v) is 6.64. The fourth-order valence-corrected chi connectivity index (χ4v) is 3.29. The second-order valence-electron chi connectivity index (χ2n) is 6.64. The number of nitrogens with zero attached hydrogens (tertiary/aromatic N) is 1. The highest BCUT2D eigenvalue weighted by Crippen LogP contribution is 2.17. The fraction of sp³-hybridized carbons (Fsp3) is 0.350. The number of rotatable bonds is 5. The van der Waals surface area contributed by atoms with Crippen LogP contribution in [0.5, 0.6) is 5.75 Å². The Kier molecular flexibility index (Phi) is 6.01. The van der Waals surface area contributed by atoms with E-state index < -0.39 is 0 Å². The predicted molar refractivity (Wildman–Crippen MR) is 98.2 cm³/mol. The van der Waals surface area contributed by atoms with Gasteiger partial charge in [-0.3, -0.25) is 4.79 Å². The monoisotopic (exact) mass is 374 g/mol. The molecule has 5 nitrogen and oxygen atoms in total. The van der Waals surface area contributed by atoms with Crippen LogP contribution in [0.25, 0.3) is 10.8 Å². The van der Waals surface area contributed by atoms with Crippen LogP contribution in [0, 0.1) is 5.92 Å². The summed E-state index contributed by atoms with van der Waals surface area (Å²) < 4.78 is 13.3. The average Bonchev–Trinajstić information content (AvgIpc) is 3.04. The molecule has 1 aliphatic rings. The molecule has 0 spiro atoms. The summed E-state index contributed by atoms with van der Waals surface area (Å²) in [6.45, 7) is 3.15. The number of hydrogen-bond acceptors (Lipinski definition) is 4. The lowest BCUT2D eigenvalue weighted by Crippen LogP contribution is -3.00. The largest absolute Gasteiger partial charge is 1.00 e. The molecule has 0 amide bonds. The first-order chi connectivity index (χ1) is 12.3. The molecule has 0 saturated carbocycles. The minimum absolute atomic E-state index is 0. The summed E-state index contributed by atoms with van der Waals surface area (Å²) in [5.74, 6) is 1.44. The molecule has 138 valence electrons. The molecule has 4 rings (SSSR count). The van der Waals surface area contributed by atoms with Gasteiger partial charge in [0.15, 0.2) is 0 Å². The summed E-state index contributed by atoms with van der Waals surface area (Å²) in [5, 5.41) is 5.67. The molecule has 1 aliphatic heterocycles. The summed E-state index contributed by atoms with van der Waals surface area (Å²) in [6.07, 6.45) is 7.73. The number of fused-ring (bicyclic) bond motifs is 1. The first-order valence-corrected chi connectivity index (χ1v) is 8.78. The Balaban J connectivity index is 0.00000131. The molecule has 6 heteroatoms. The molecule has 0 aliphatic carbocycles. The number of nitrogens with one attached hydrogen (secondary N) is 1.